The van der Waals surface area contributed by atoms with Gasteiger partial charge in [-0.3, -0.25) is 4.79 Å². The maximum absolute atomic E-state index is 12.7. The Hall–Kier alpha value is -2.58. The first-order valence-electron chi connectivity index (χ1n) is 9.38. The number of halogens is 2. The monoisotopic (exact) mass is 493 g/mol. The van der Waals surface area contributed by atoms with Crippen LogP contribution in [0.3, 0.4) is 0 Å². The molecule has 9 heteroatoms. The average molecular weight is 495 g/mol. The molecule has 1 unspecified atom stereocenters. The standard InChI is InChI=1S/C21H21BrClN3O4/c22-19-11-16(30-26-19)12-24-20(27)18(10-14-6-2-1-3-7-14)25-21(28)29-13-15-8-4-5-9-17(15)23/h1-9,16,18H,10-13H2,(H,24,27)(H,25,28)/t16?,18-/m0/s1. The molecule has 7 nitrogen and oxygen atoms in total. The second-order valence-electron chi connectivity index (χ2n) is 6.70. The Morgan fingerprint density at radius 1 is 1.20 bits per heavy atom. The lowest BCUT2D eigenvalue weighted by Crippen LogP contribution is -2.49. The molecular weight excluding hydrogens is 474 g/mol. The summed E-state index contributed by atoms with van der Waals surface area (Å²) in [5, 5.41) is 9.75. The minimum atomic E-state index is -0.808. The maximum atomic E-state index is 12.7. The Balaban J connectivity index is 1.57. The molecule has 1 aliphatic rings. The highest BCUT2D eigenvalue weighted by Crippen LogP contribution is 2.16. The number of carbonyl (C=O) groups excluding carboxylic acids is 2. The summed E-state index contributed by atoms with van der Waals surface area (Å²) in [4.78, 5) is 30.3. The zero-order valence-corrected chi connectivity index (χ0v) is 18.4. The lowest BCUT2D eigenvalue weighted by Gasteiger charge is -2.19. The smallest absolute Gasteiger partial charge is 0.408 e. The third-order valence-electron chi connectivity index (χ3n) is 4.41. The molecule has 158 valence electrons. The van der Waals surface area contributed by atoms with Crippen LogP contribution in [-0.4, -0.2) is 35.3 Å². The molecule has 0 bridgehead atoms. The fourth-order valence-corrected chi connectivity index (χ4v) is 3.48. The third-order valence-corrected chi connectivity index (χ3v) is 5.25. The van der Waals surface area contributed by atoms with Crippen molar-refractivity contribution in [3.05, 3.63) is 70.7 Å². The number of hydrogen-bond donors (Lipinski definition) is 2. The van der Waals surface area contributed by atoms with Crippen LogP contribution >= 0.6 is 27.5 Å². The van der Waals surface area contributed by atoms with E-state index in [0.29, 0.717) is 28.0 Å². The Kier molecular flexibility index (Phi) is 8.10. The Morgan fingerprint density at radius 2 is 1.93 bits per heavy atom. The van der Waals surface area contributed by atoms with Crippen molar-refractivity contribution in [2.24, 2.45) is 5.16 Å². The van der Waals surface area contributed by atoms with Gasteiger partial charge in [-0.1, -0.05) is 65.3 Å². The fraction of sp³-hybridized carbons (Fsp3) is 0.286. The minimum absolute atomic E-state index is 0.00641. The number of hydrogen-bond acceptors (Lipinski definition) is 5. The Bertz CT molecular complexity index is 910. The molecule has 1 aliphatic heterocycles. The van der Waals surface area contributed by atoms with Gasteiger partial charge in [0.25, 0.3) is 0 Å². The molecule has 0 radical (unpaired) electrons. The van der Waals surface area contributed by atoms with Crippen molar-refractivity contribution < 1.29 is 19.2 Å². The van der Waals surface area contributed by atoms with Gasteiger partial charge in [0, 0.05) is 23.4 Å². The first kappa shape index (κ1) is 22.1. The summed E-state index contributed by atoms with van der Waals surface area (Å²) < 4.78 is 5.95. The molecule has 0 saturated heterocycles. The summed E-state index contributed by atoms with van der Waals surface area (Å²) in [5.41, 5.74) is 1.59. The van der Waals surface area contributed by atoms with Gasteiger partial charge in [0.05, 0.1) is 6.54 Å². The Morgan fingerprint density at radius 3 is 2.63 bits per heavy atom. The predicted octanol–water partition coefficient (Wildman–Crippen LogP) is 3.79. The highest BCUT2D eigenvalue weighted by molar-refractivity contribution is 9.18. The van der Waals surface area contributed by atoms with Crippen LogP contribution in [0.15, 0.2) is 59.8 Å². The maximum Gasteiger partial charge on any atom is 0.408 e. The van der Waals surface area contributed by atoms with Gasteiger partial charge >= 0.3 is 6.09 Å². The molecule has 30 heavy (non-hydrogen) atoms. The second kappa shape index (κ2) is 11.0. The van der Waals surface area contributed by atoms with Crippen molar-refractivity contribution in [3.8, 4) is 0 Å². The number of benzene rings is 2. The molecule has 0 aromatic heterocycles. The molecule has 0 aliphatic carbocycles. The molecule has 2 aromatic rings. The number of nitrogens with zero attached hydrogens (tertiary/aromatic N) is 1. The molecule has 2 aromatic carbocycles. The van der Waals surface area contributed by atoms with Crippen molar-refractivity contribution >= 4 is 44.2 Å². The average Bonchev–Trinajstić information content (AvgIpc) is 3.17. The minimum Gasteiger partial charge on any atom is -0.445 e. The van der Waals surface area contributed by atoms with Crippen LogP contribution in [0.1, 0.15) is 17.5 Å². The van der Waals surface area contributed by atoms with Gasteiger partial charge < -0.3 is 20.2 Å². The van der Waals surface area contributed by atoms with Gasteiger partial charge in [0.1, 0.15) is 17.3 Å². The van der Waals surface area contributed by atoms with Crippen molar-refractivity contribution in [3.63, 3.8) is 0 Å². The van der Waals surface area contributed by atoms with E-state index in [4.69, 9.17) is 21.2 Å². The number of alkyl carbamates (subject to hydrolysis) is 1. The topological polar surface area (TPSA) is 89.0 Å². The van der Waals surface area contributed by atoms with Crippen molar-refractivity contribution in [2.45, 2.75) is 31.6 Å². The third kappa shape index (κ3) is 6.74. The molecule has 2 amide bonds. The Labute approximate surface area is 187 Å². The van der Waals surface area contributed by atoms with Gasteiger partial charge in [0.15, 0.2) is 6.10 Å². The van der Waals surface area contributed by atoms with Crippen LogP contribution in [0.25, 0.3) is 0 Å². The van der Waals surface area contributed by atoms with Crippen LogP contribution in [0.4, 0.5) is 4.79 Å². The molecule has 2 atom stereocenters. The van der Waals surface area contributed by atoms with Gasteiger partial charge in [-0.05, 0) is 27.6 Å². The van der Waals surface area contributed by atoms with E-state index < -0.39 is 12.1 Å². The largest absolute Gasteiger partial charge is 0.445 e. The number of oxime groups is 1. The van der Waals surface area contributed by atoms with E-state index >= 15 is 0 Å². The van der Waals surface area contributed by atoms with Crippen LogP contribution in [0, 0.1) is 0 Å². The normalized spacial score (nSPS) is 16.2. The highest BCUT2D eigenvalue weighted by atomic mass is 79.9. The first-order chi connectivity index (χ1) is 14.5. The number of carbonyl (C=O) groups is 2. The molecule has 0 spiro atoms. The van der Waals surface area contributed by atoms with E-state index in [-0.39, 0.29) is 25.2 Å². The zero-order chi connectivity index (χ0) is 21.3. The number of rotatable bonds is 8. The van der Waals surface area contributed by atoms with Crippen LogP contribution in [-0.2, 0) is 27.4 Å². The summed E-state index contributed by atoms with van der Waals surface area (Å²) in [6, 6.07) is 15.7. The van der Waals surface area contributed by atoms with Crippen molar-refractivity contribution in [1.82, 2.24) is 10.6 Å². The molecular formula is C21H21BrClN3O4. The predicted molar refractivity (Wildman–Crippen MR) is 118 cm³/mol. The van der Waals surface area contributed by atoms with Gasteiger partial charge in [-0.15, -0.1) is 0 Å². The van der Waals surface area contributed by atoms with Crippen LogP contribution < -0.4 is 10.6 Å². The summed E-state index contributed by atoms with van der Waals surface area (Å²) in [6.45, 7) is 0.283. The van der Waals surface area contributed by atoms with E-state index in [9.17, 15) is 9.59 Å². The molecule has 3 rings (SSSR count). The van der Waals surface area contributed by atoms with Gasteiger partial charge in [-0.25, -0.2) is 4.79 Å². The van der Waals surface area contributed by atoms with Crippen LogP contribution in [0.2, 0.25) is 5.02 Å². The van der Waals surface area contributed by atoms with Crippen LogP contribution in [0.5, 0.6) is 0 Å². The van der Waals surface area contributed by atoms with E-state index in [1.165, 1.54) is 0 Å². The van der Waals surface area contributed by atoms with Gasteiger partial charge in [-0.2, -0.15) is 0 Å². The molecule has 1 heterocycles. The number of amides is 2. The summed E-state index contributed by atoms with van der Waals surface area (Å²) in [7, 11) is 0. The molecule has 2 N–H and O–H groups in total. The quantitative estimate of drug-likeness (QED) is 0.584. The van der Waals surface area contributed by atoms with E-state index in [2.05, 4.69) is 31.7 Å². The van der Waals surface area contributed by atoms with Crippen molar-refractivity contribution in [2.75, 3.05) is 6.54 Å². The number of nitrogens with one attached hydrogen (secondary N) is 2. The van der Waals surface area contributed by atoms with Crippen molar-refractivity contribution in [1.29, 1.82) is 0 Å². The van der Waals surface area contributed by atoms with Gasteiger partial charge in [0.2, 0.25) is 5.91 Å². The lowest BCUT2D eigenvalue weighted by molar-refractivity contribution is -0.123. The first-order valence-corrected chi connectivity index (χ1v) is 10.5. The number of ether oxygens (including phenoxy) is 1. The van der Waals surface area contributed by atoms with E-state index in [1.54, 1.807) is 24.3 Å². The zero-order valence-electron chi connectivity index (χ0n) is 16.0. The summed E-state index contributed by atoms with van der Waals surface area (Å²) in [5.74, 6) is -0.333. The second-order valence-corrected chi connectivity index (χ2v) is 8.02. The van der Waals surface area contributed by atoms with E-state index in [0.717, 1.165) is 5.56 Å². The molecule has 0 saturated carbocycles. The summed E-state index contributed by atoms with van der Waals surface area (Å²) in [6.07, 6.45) is -0.0432. The summed E-state index contributed by atoms with van der Waals surface area (Å²) >= 11 is 9.35. The van der Waals surface area contributed by atoms with E-state index in [1.807, 2.05) is 30.3 Å². The fourth-order valence-electron chi connectivity index (χ4n) is 2.84. The highest BCUT2D eigenvalue weighted by Gasteiger charge is 2.25. The lowest BCUT2D eigenvalue weighted by atomic mass is 10.1. The SMILES string of the molecule is O=C(N[C@@H](Cc1ccccc1)C(=O)NCC1CC(Br)=NO1)OCc1ccccc1Cl. The molecule has 0 fully saturated rings.